The van der Waals surface area contributed by atoms with Crippen molar-refractivity contribution in [3.05, 3.63) is 24.3 Å². The molecular formula is C21H19F13O9. The van der Waals surface area contributed by atoms with Crippen LogP contribution < -0.4 is 0 Å². The van der Waals surface area contributed by atoms with Crippen LogP contribution in [0.2, 0.25) is 0 Å². The lowest BCUT2D eigenvalue weighted by atomic mass is 9.77. The van der Waals surface area contributed by atoms with E-state index >= 15 is 8.78 Å². The third-order valence-corrected chi connectivity index (χ3v) is 6.13. The Bertz CT molecular complexity index is 1130. The number of halogens is 13. The minimum atomic E-state index is -6.97. The van der Waals surface area contributed by atoms with Gasteiger partial charge in [0.2, 0.25) is 18.0 Å². The summed E-state index contributed by atoms with van der Waals surface area (Å²) in [6.07, 6.45) is -32.8. The minimum absolute atomic E-state index is 0.595. The molecule has 9 nitrogen and oxygen atoms in total. The maximum Gasteiger partial charge on any atom is 0.449 e. The fourth-order valence-corrected chi connectivity index (χ4v) is 3.67. The molecule has 2 aliphatic rings. The summed E-state index contributed by atoms with van der Waals surface area (Å²) >= 11 is 0. The van der Waals surface area contributed by atoms with Crippen LogP contribution in [0.5, 0.6) is 0 Å². The van der Waals surface area contributed by atoms with Crippen molar-refractivity contribution in [2.45, 2.75) is 86.1 Å². The summed E-state index contributed by atoms with van der Waals surface area (Å²) in [6.45, 7) is 4.81. The molecule has 0 radical (unpaired) electrons. The molecule has 0 spiro atoms. The second kappa shape index (κ2) is 11.0. The molecule has 2 rings (SSSR count). The Kier molecular flexibility index (Phi) is 9.37. The molecule has 5 unspecified atom stereocenters. The van der Waals surface area contributed by atoms with Crippen molar-refractivity contribution in [3.63, 3.8) is 0 Å². The predicted octanol–water partition coefficient (Wildman–Crippen LogP) is 4.18. The van der Waals surface area contributed by atoms with Crippen molar-refractivity contribution in [3.8, 4) is 0 Å². The van der Waals surface area contributed by atoms with E-state index < -0.39 is 109 Å². The Labute approximate surface area is 230 Å². The van der Waals surface area contributed by atoms with E-state index in [1.165, 1.54) is 0 Å². The van der Waals surface area contributed by atoms with Crippen LogP contribution in [0.15, 0.2) is 24.3 Å². The van der Waals surface area contributed by atoms with Gasteiger partial charge in [0.25, 0.3) is 5.79 Å². The van der Waals surface area contributed by atoms with Gasteiger partial charge in [0.15, 0.2) is 6.79 Å². The van der Waals surface area contributed by atoms with Gasteiger partial charge in [0.05, 0.1) is 6.42 Å². The number of alkyl halides is 13. The molecule has 0 amide bonds. The number of carbonyl (C=O) groups excluding carboxylic acids is 2. The molecule has 43 heavy (non-hydrogen) atoms. The van der Waals surface area contributed by atoms with E-state index in [0.717, 1.165) is 0 Å². The average molecular weight is 662 g/mol. The van der Waals surface area contributed by atoms with Crippen molar-refractivity contribution in [2.24, 2.45) is 0 Å². The molecule has 0 aromatic rings. The van der Waals surface area contributed by atoms with Crippen LogP contribution >= 0.6 is 0 Å². The molecule has 2 aliphatic heterocycles. The van der Waals surface area contributed by atoms with Crippen LogP contribution in [-0.4, -0.2) is 88.9 Å². The number of hydrogen-bond acceptors (Lipinski definition) is 9. The van der Waals surface area contributed by atoms with E-state index in [0.29, 0.717) is 6.92 Å². The van der Waals surface area contributed by atoms with Gasteiger partial charge < -0.3 is 33.9 Å². The van der Waals surface area contributed by atoms with E-state index in [1.807, 2.05) is 0 Å². The second-order valence-corrected chi connectivity index (χ2v) is 9.23. The van der Waals surface area contributed by atoms with Crippen molar-refractivity contribution >= 4 is 11.9 Å². The molecule has 2 saturated heterocycles. The van der Waals surface area contributed by atoms with Gasteiger partial charge in [0, 0.05) is 11.1 Å². The fourth-order valence-electron chi connectivity index (χ4n) is 3.67. The molecule has 0 aliphatic carbocycles. The van der Waals surface area contributed by atoms with E-state index in [1.54, 1.807) is 0 Å². The Morgan fingerprint density at radius 1 is 0.860 bits per heavy atom. The molecule has 0 aromatic carbocycles. The van der Waals surface area contributed by atoms with Gasteiger partial charge in [-0.2, -0.15) is 57.1 Å². The molecule has 0 aromatic heterocycles. The first-order chi connectivity index (χ1) is 19.0. The molecule has 5 atom stereocenters. The third kappa shape index (κ3) is 6.15. The number of hydrogen-bond donors (Lipinski definition) is 2. The number of ether oxygens (including phenoxy) is 5. The average Bonchev–Trinajstić information content (AvgIpc) is 2.81. The first kappa shape index (κ1) is 36.5. The fraction of sp³-hybridized carbons (Fsp3) is 0.714. The lowest BCUT2D eigenvalue weighted by Gasteiger charge is -2.55. The summed E-state index contributed by atoms with van der Waals surface area (Å²) in [5, 5.41) is 19.2. The van der Waals surface area contributed by atoms with Gasteiger partial charge in [-0.15, -0.1) is 0 Å². The van der Waals surface area contributed by atoms with E-state index in [-0.39, 0.29) is 0 Å². The van der Waals surface area contributed by atoms with E-state index in [9.17, 15) is 68.1 Å². The number of esters is 2. The summed E-state index contributed by atoms with van der Waals surface area (Å²) < 4.78 is 202. The highest BCUT2D eigenvalue weighted by molar-refractivity contribution is 5.88. The molecule has 0 bridgehead atoms. The summed E-state index contributed by atoms with van der Waals surface area (Å²) in [5.74, 6) is -27.6. The lowest BCUT2D eigenvalue weighted by Crippen LogP contribution is -2.83. The van der Waals surface area contributed by atoms with E-state index in [4.69, 9.17) is 0 Å². The summed E-state index contributed by atoms with van der Waals surface area (Å²) in [6, 6.07) is 0. The highest BCUT2D eigenvalue weighted by Crippen LogP contribution is 2.63. The Balaban J connectivity index is 2.49. The Morgan fingerprint density at radius 2 is 1.40 bits per heavy atom. The molecular weight excluding hydrogens is 643 g/mol. The van der Waals surface area contributed by atoms with Crippen LogP contribution in [0, 0.1) is 0 Å². The van der Waals surface area contributed by atoms with Gasteiger partial charge in [-0.1, -0.05) is 13.2 Å². The number of aliphatic hydroxyl groups is 2. The third-order valence-electron chi connectivity index (χ3n) is 6.13. The highest BCUT2D eigenvalue weighted by Gasteiger charge is 2.91. The van der Waals surface area contributed by atoms with Crippen LogP contribution in [0.3, 0.4) is 0 Å². The molecule has 2 heterocycles. The maximum atomic E-state index is 15.3. The minimum Gasteiger partial charge on any atom is -0.446 e. The summed E-state index contributed by atoms with van der Waals surface area (Å²) in [7, 11) is 0. The molecule has 248 valence electrons. The van der Waals surface area contributed by atoms with E-state index in [2.05, 4.69) is 36.8 Å². The Hall–Kier alpha value is -2.69. The summed E-state index contributed by atoms with van der Waals surface area (Å²) in [4.78, 5) is 23.9. The van der Waals surface area contributed by atoms with Gasteiger partial charge >= 0.3 is 48.1 Å². The van der Waals surface area contributed by atoms with Crippen LogP contribution in [-0.2, 0) is 33.3 Å². The number of carbonyl (C=O) groups is 2. The lowest BCUT2D eigenvalue weighted by molar-refractivity contribution is -0.540. The maximum absolute atomic E-state index is 15.3. The summed E-state index contributed by atoms with van der Waals surface area (Å²) in [5.41, 5.74) is -8.26. The first-order valence-corrected chi connectivity index (χ1v) is 11.1. The molecule has 0 saturated carbocycles. The van der Waals surface area contributed by atoms with Crippen LogP contribution in [0.4, 0.5) is 57.1 Å². The van der Waals surface area contributed by atoms with Crippen LogP contribution in [0.25, 0.3) is 0 Å². The van der Waals surface area contributed by atoms with Crippen molar-refractivity contribution < 1.29 is 101 Å². The van der Waals surface area contributed by atoms with Gasteiger partial charge in [-0.05, 0) is 19.8 Å². The zero-order chi connectivity index (χ0) is 33.8. The molecule has 2 fully saturated rings. The molecule has 22 heteroatoms. The SMILES string of the molecule is C=C(C)C(=O)OC1C(F)(F)C(O)(C(F)(F)F)OC(CCC(=C)C(=O)OC2CC(O)(C(F)(F)F)OCO2)(C(F)(F)F)C1(F)F. The highest BCUT2D eigenvalue weighted by atomic mass is 19.4. The van der Waals surface area contributed by atoms with Gasteiger partial charge in [-0.3, -0.25) is 0 Å². The standard InChI is InChI=1S/C21H19F13O9/c1-8(2)11(35)42-13-16(22,23)14(19(26,27)28,43-18(38,17(13,24)25)21(32,33)34)5-4-9(3)12(36)41-10-6-15(37,20(29,30)31)40-7-39-10/h10,13,37-38H,1,3-7H2,2H3. The topological polar surface area (TPSA) is 121 Å². The molecule has 2 N–H and O–H groups in total. The first-order valence-electron chi connectivity index (χ1n) is 11.1. The Morgan fingerprint density at radius 3 is 1.84 bits per heavy atom. The van der Waals surface area contributed by atoms with Crippen LogP contribution in [0.1, 0.15) is 26.2 Å². The van der Waals surface area contributed by atoms with Crippen molar-refractivity contribution in [1.29, 1.82) is 0 Å². The van der Waals surface area contributed by atoms with Gasteiger partial charge in [-0.25, -0.2) is 9.59 Å². The number of rotatable bonds is 7. The monoisotopic (exact) mass is 662 g/mol. The van der Waals surface area contributed by atoms with Crippen molar-refractivity contribution in [2.75, 3.05) is 6.79 Å². The zero-order valence-corrected chi connectivity index (χ0v) is 21.1. The van der Waals surface area contributed by atoms with Crippen molar-refractivity contribution in [1.82, 2.24) is 0 Å². The smallest absolute Gasteiger partial charge is 0.446 e. The predicted molar refractivity (Wildman–Crippen MR) is 106 cm³/mol. The van der Waals surface area contributed by atoms with Gasteiger partial charge in [0.1, 0.15) is 0 Å². The zero-order valence-electron chi connectivity index (χ0n) is 21.1. The normalized spacial score (nSPS) is 32.9. The quantitative estimate of drug-likeness (QED) is 0.235. The largest absolute Gasteiger partial charge is 0.449 e. The second-order valence-electron chi connectivity index (χ2n) is 9.23.